The minimum atomic E-state index is 0.896. The van der Waals surface area contributed by atoms with E-state index < -0.39 is 0 Å². The molecule has 3 aromatic rings. The summed E-state index contributed by atoms with van der Waals surface area (Å²) in [7, 11) is 0. The summed E-state index contributed by atoms with van der Waals surface area (Å²) in [5, 5.41) is 11.7. The smallest absolute Gasteiger partial charge is 0.0840 e. The van der Waals surface area contributed by atoms with Gasteiger partial charge in [0.05, 0.1) is 17.6 Å². The normalized spacial score (nSPS) is 10.9. The van der Waals surface area contributed by atoms with Gasteiger partial charge in [0.25, 0.3) is 0 Å². The van der Waals surface area contributed by atoms with Crippen molar-refractivity contribution in [1.29, 1.82) is 0 Å². The molecule has 0 spiro atoms. The largest absolute Gasteiger partial charge is 0.220 e. The molecule has 18 heavy (non-hydrogen) atoms. The lowest BCUT2D eigenvalue weighted by atomic mass is 10.1. The maximum atomic E-state index is 4.16. The fourth-order valence-corrected chi connectivity index (χ4v) is 2.36. The van der Waals surface area contributed by atoms with Crippen molar-refractivity contribution in [3.8, 4) is 5.69 Å². The maximum Gasteiger partial charge on any atom is 0.0840 e. The summed E-state index contributed by atoms with van der Waals surface area (Å²) in [4.78, 5) is 0. The van der Waals surface area contributed by atoms with Crippen LogP contribution in [0.15, 0.2) is 48.7 Å². The van der Waals surface area contributed by atoms with Gasteiger partial charge >= 0.3 is 0 Å². The average Bonchev–Trinajstić information content (AvgIpc) is 2.87. The van der Waals surface area contributed by atoms with Gasteiger partial charge in [0.15, 0.2) is 0 Å². The van der Waals surface area contributed by atoms with Gasteiger partial charge < -0.3 is 0 Å². The van der Waals surface area contributed by atoms with Crippen LogP contribution in [0.25, 0.3) is 16.5 Å². The van der Waals surface area contributed by atoms with E-state index in [4.69, 9.17) is 0 Å². The van der Waals surface area contributed by atoms with Crippen LogP contribution in [0.3, 0.4) is 0 Å². The third-order valence-electron chi connectivity index (χ3n) is 2.89. The summed E-state index contributed by atoms with van der Waals surface area (Å²) >= 11 is 3.41. The van der Waals surface area contributed by atoms with Crippen molar-refractivity contribution in [3.05, 3.63) is 54.4 Å². The molecule has 0 aliphatic carbocycles. The van der Waals surface area contributed by atoms with E-state index >= 15 is 0 Å². The van der Waals surface area contributed by atoms with Gasteiger partial charge in [-0.3, -0.25) is 0 Å². The first-order valence-corrected chi connectivity index (χ1v) is 6.95. The quantitative estimate of drug-likeness (QED) is 0.695. The van der Waals surface area contributed by atoms with Crippen LogP contribution in [-0.2, 0) is 6.42 Å². The highest BCUT2D eigenvalue weighted by Gasteiger charge is 2.03. The molecule has 0 fully saturated rings. The first kappa shape index (κ1) is 11.4. The number of hydrogen-bond donors (Lipinski definition) is 0. The van der Waals surface area contributed by atoms with Gasteiger partial charge in [0.1, 0.15) is 0 Å². The maximum absolute atomic E-state index is 4.16. The summed E-state index contributed by atoms with van der Waals surface area (Å²) in [6.45, 7) is 0. The Morgan fingerprint density at radius 1 is 1.06 bits per heavy atom. The Morgan fingerprint density at radius 3 is 2.72 bits per heavy atom. The number of halogens is 1. The Balaban J connectivity index is 2.02. The average molecular weight is 302 g/mol. The van der Waals surface area contributed by atoms with Crippen molar-refractivity contribution in [3.63, 3.8) is 0 Å². The molecule has 0 bridgehead atoms. The fraction of sp³-hybridized carbons (Fsp3) is 0.143. The number of nitrogens with zero attached hydrogens (tertiary/aromatic N) is 3. The van der Waals surface area contributed by atoms with Crippen molar-refractivity contribution in [1.82, 2.24) is 15.0 Å². The van der Waals surface area contributed by atoms with E-state index in [1.165, 1.54) is 10.8 Å². The topological polar surface area (TPSA) is 30.7 Å². The molecule has 2 aromatic carbocycles. The summed E-state index contributed by atoms with van der Waals surface area (Å²) < 4.78 is 1.82. The van der Waals surface area contributed by atoms with Crippen molar-refractivity contribution in [2.45, 2.75) is 6.42 Å². The number of rotatable bonds is 3. The fourth-order valence-electron chi connectivity index (χ4n) is 1.96. The Labute approximate surface area is 114 Å². The molecular weight excluding hydrogens is 290 g/mol. The molecule has 0 saturated carbocycles. The molecule has 0 saturated heterocycles. The van der Waals surface area contributed by atoms with Gasteiger partial charge in [-0.25, -0.2) is 4.68 Å². The first-order valence-electron chi connectivity index (χ1n) is 5.83. The zero-order valence-electron chi connectivity index (χ0n) is 9.75. The first-order chi connectivity index (χ1) is 8.86. The zero-order valence-corrected chi connectivity index (χ0v) is 11.3. The van der Waals surface area contributed by atoms with Crippen LogP contribution in [-0.4, -0.2) is 20.3 Å². The Kier molecular flexibility index (Phi) is 3.11. The molecule has 3 nitrogen and oxygen atoms in total. The molecule has 0 amide bonds. The highest BCUT2D eigenvalue weighted by Crippen LogP contribution is 2.17. The minimum Gasteiger partial charge on any atom is -0.220 e. The number of benzene rings is 2. The monoisotopic (exact) mass is 301 g/mol. The van der Waals surface area contributed by atoms with E-state index in [2.05, 4.69) is 56.6 Å². The molecule has 4 heteroatoms. The summed E-state index contributed by atoms with van der Waals surface area (Å²) in [5.74, 6) is 0. The SMILES string of the molecule is BrCCc1cn(-c2ccc3ccccc3c2)nn1. The lowest BCUT2D eigenvalue weighted by molar-refractivity contribution is 0.799. The van der Waals surface area contributed by atoms with Gasteiger partial charge in [-0.05, 0) is 22.9 Å². The van der Waals surface area contributed by atoms with E-state index in [0.717, 1.165) is 23.1 Å². The standard InChI is InChI=1S/C14H12BrN3/c15-8-7-13-10-18(17-16-13)14-6-5-11-3-1-2-4-12(11)9-14/h1-6,9-10H,7-8H2. The number of hydrogen-bond acceptors (Lipinski definition) is 2. The second kappa shape index (κ2) is 4.90. The molecule has 3 rings (SSSR count). The zero-order chi connectivity index (χ0) is 12.4. The molecule has 0 atom stereocenters. The number of alkyl halides is 1. The van der Waals surface area contributed by atoms with E-state index in [9.17, 15) is 0 Å². The minimum absolute atomic E-state index is 0.896. The molecular formula is C14H12BrN3. The Hall–Kier alpha value is -1.68. The van der Waals surface area contributed by atoms with Crippen LogP contribution in [0.2, 0.25) is 0 Å². The van der Waals surface area contributed by atoms with Gasteiger partial charge in [-0.15, -0.1) is 5.10 Å². The van der Waals surface area contributed by atoms with Crippen LogP contribution < -0.4 is 0 Å². The second-order valence-electron chi connectivity index (χ2n) is 4.12. The third-order valence-corrected chi connectivity index (χ3v) is 3.29. The van der Waals surface area contributed by atoms with Crippen molar-refractivity contribution >= 4 is 26.7 Å². The number of fused-ring (bicyclic) bond motifs is 1. The van der Waals surface area contributed by atoms with E-state index in [0.29, 0.717) is 0 Å². The molecule has 0 unspecified atom stereocenters. The molecule has 1 aromatic heterocycles. The van der Waals surface area contributed by atoms with Gasteiger partial charge in [-0.2, -0.15) is 0 Å². The Morgan fingerprint density at radius 2 is 1.89 bits per heavy atom. The van der Waals surface area contributed by atoms with Crippen LogP contribution in [0, 0.1) is 0 Å². The van der Waals surface area contributed by atoms with Gasteiger partial charge in [0, 0.05) is 11.8 Å². The summed E-state index contributed by atoms with van der Waals surface area (Å²) in [6.07, 6.45) is 2.87. The highest BCUT2D eigenvalue weighted by molar-refractivity contribution is 9.09. The second-order valence-corrected chi connectivity index (χ2v) is 4.92. The summed E-state index contributed by atoms with van der Waals surface area (Å²) in [5.41, 5.74) is 2.04. The van der Waals surface area contributed by atoms with Crippen LogP contribution in [0.5, 0.6) is 0 Å². The Bertz CT molecular complexity index is 675. The lowest BCUT2D eigenvalue weighted by Crippen LogP contribution is -1.94. The van der Waals surface area contributed by atoms with Crippen molar-refractivity contribution in [2.24, 2.45) is 0 Å². The van der Waals surface area contributed by atoms with E-state index in [-0.39, 0.29) is 0 Å². The molecule has 0 N–H and O–H groups in total. The van der Waals surface area contributed by atoms with Gasteiger partial charge in [-0.1, -0.05) is 51.5 Å². The molecule has 1 heterocycles. The lowest BCUT2D eigenvalue weighted by Gasteiger charge is -2.02. The van der Waals surface area contributed by atoms with E-state index in [1.54, 1.807) is 0 Å². The van der Waals surface area contributed by atoms with Crippen LogP contribution in [0.1, 0.15) is 5.69 Å². The summed E-state index contributed by atoms with van der Waals surface area (Å²) in [6, 6.07) is 14.6. The highest BCUT2D eigenvalue weighted by atomic mass is 79.9. The number of aromatic nitrogens is 3. The molecule has 0 radical (unpaired) electrons. The third kappa shape index (κ3) is 2.16. The van der Waals surface area contributed by atoms with E-state index in [1.807, 2.05) is 23.0 Å². The predicted octanol–water partition coefficient (Wildman–Crippen LogP) is 3.36. The van der Waals surface area contributed by atoms with Crippen LogP contribution >= 0.6 is 15.9 Å². The molecule has 90 valence electrons. The molecule has 0 aliphatic heterocycles. The van der Waals surface area contributed by atoms with Crippen molar-refractivity contribution < 1.29 is 0 Å². The molecule has 0 aliphatic rings. The predicted molar refractivity (Wildman–Crippen MR) is 76.4 cm³/mol. The number of aryl methyl sites for hydroxylation is 1. The van der Waals surface area contributed by atoms with Crippen molar-refractivity contribution in [2.75, 3.05) is 5.33 Å². The van der Waals surface area contributed by atoms with Gasteiger partial charge in [0.2, 0.25) is 0 Å². The van der Waals surface area contributed by atoms with Crippen LogP contribution in [0.4, 0.5) is 0 Å².